The summed E-state index contributed by atoms with van der Waals surface area (Å²) in [7, 11) is 0. The quantitative estimate of drug-likeness (QED) is 0.460. The molecule has 1 saturated carbocycles. The van der Waals surface area contributed by atoms with E-state index in [-0.39, 0.29) is 11.9 Å². The second kappa shape index (κ2) is 8.44. The molecule has 0 spiro atoms. The SMILES string of the molecule is O=C(Nc1c2c(cc3c1CCC3)CCC2)C(=CNS(=O)O)C1CCCN1CC1CC1. The Labute approximate surface area is 180 Å². The van der Waals surface area contributed by atoms with Crippen molar-refractivity contribution < 1.29 is 13.6 Å². The molecule has 3 N–H and O–H groups in total. The molecule has 3 aliphatic carbocycles. The van der Waals surface area contributed by atoms with E-state index >= 15 is 0 Å². The number of carbonyl (C=O) groups is 1. The fourth-order valence-electron chi connectivity index (χ4n) is 5.61. The van der Waals surface area contributed by atoms with Crippen molar-refractivity contribution in [2.75, 3.05) is 18.4 Å². The molecule has 0 aromatic heterocycles. The summed E-state index contributed by atoms with van der Waals surface area (Å²) < 4.78 is 23.0. The van der Waals surface area contributed by atoms with Gasteiger partial charge in [0.2, 0.25) is 0 Å². The number of fused-ring (bicyclic) bond motifs is 2. The highest BCUT2D eigenvalue weighted by molar-refractivity contribution is 7.77. The van der Waals surface area contributed by atoms with Crippen LogP contribution in [0.2, 0.25) is 0 Å². The van der Waals surface area contributed by atoms with Gasteiger partial charge in [0.1, 0.15) is 0 Å². The molecule has 2 unspecified atom stereocenters. The number of benzene rings is 1. The zero-order valence-electron chi connectivity index (χ0n) is 17.4. The standard InChI is InChI=1S/C23H31N3O3S/c27-23(25-22-18-6-1-4-16(18)12-17-5-2-7-19(17)22)20(13-24-30(28)29)21-8-3-11-26(21)14-15-9-10-15/h12-13,15,21,24H,1-11,14H2,(H,25,27)(H,28,29). The molecule has 7 heteroatoms. The maximum atomic E-state index is 13.5. The van der Waals surface area contributed by atoms with Crippen molar-refractivity contribution in [2.24, 2.45) is 5.92 Å². The smallest absolute Gasteiger partial charge is 0.258 e. The molecule has 1 aromatic carbocycles. The molecule has 2 atom stereocenters. The zero-order valence-corrected chi connectivity index (χ0v) is 18.2. The van der Waals surface area contributed by atoms with Gasteiger partial charge in [-0.3, -0.25) is 19.0 Å². The van der Waals surface area contributed by atoms with E-state index in [2.05, 4.69) is 21.0 Å². The van der Waals surface area contributed by atoms with Gasteiger partial charge in [-0.15, -0.1) is 0 Å². The Kier molecular flexibility index (Phi) is 5.69. The summed E-state index contributed by atoms with van der Waals surface area (Å²) in [4.78, 5) is 15.9. The molecular weight excluding hydrogens is 398 g/mol. The highest BCUT2D eigenvalue weighted by Gasteiger charge is 2.36. The van der Waals surface area contributed by atoms with Crippen LogP contribution >= 0.6 is 0 Å². The summed E-state index contributed by atoms with van der Waals surface area (Å²) in [5.41, 5.74) is 7.01. The molecule has 1 aromatic rings. The second-order valence-corrected chi connectivity index (χ2v) is 9.99. The molecule has 5 rings (SSSR count). The lowest BCUT2D eigenvalue weighted by Gasteiger charge is -2.27. The van der Waals surface area contributed by atoms with Gasteiger partial charge < -0.3 is 5.32 Å². The fraction of sp³-hybridized carbons (Fsp3) is 0.609. The van der Waals surface area contributed by atoms with E-state index in [9.17, 15) is 13.6 Å². The molecule has 0 radical (unpaired) electrons. The van der Waals surface area contributed by atoms with E-state index < -0.39 is 11.3 Å². The van der Waals surface area contributed by atoms with Crippen molar-refractivity contribution in [1.82, 2.24) is 9.62 Å². The number of hydrogen-bond acceptors (Lipinski definition) is 3. The van der Waals surface area contributed by atoms with E-state index in [1.807, 2.05) is 0 Å². The topological polar surface area (TPSA) is 81.7 Å². The number of anilines is 1. The third-order valence-electron chi connectivity index (χ3n) is 7.20. The van der Waals surface area contributed by atoms with Gasteiger partial charge in [0, 0.05) is 24.5 Å². The van der Waals surface area contributed by atoms with Gasteiger partial charge in [-0.25, -0.2) is 4.21 Å². The largest absolute Gasteiger partial charge is 0.322 e. The van der Waals surface area contributed by atoms with Crippen molar-refractivity contribution in [3.63, 3.8) is 0 Å². The van der Waals surface area contributed by atoms with E-state index in [4.69, 9.17) is 0 Å². The Morgan fingerprint density at radius 3 is 2.43 bits per heavy atom. The van der Waals surface area contributed by atoms with Crippen LogP contribution in [-0.4, -0.2) is 38.7 Å². The van der Waals surface area contributed by atoms with Gasteiger partial charge in [0.25, 0.3) is 17.2 Å². The zero-order chi connectivity index (χ0) is 20.7. The van der Waals surface area contributed by atoms with Crippen molar-refractivity contribution in [3.8, 4) is 0 Å². The Bertz CT molecular complexity index is 877. The highest BCUT2D eigenvalue weighted by atomic mass is 32.2. The maximum absolute atomic E-state index is 13.5. The van der Waals surface area contributed by atoms with Gasteiger partial charge >= 0.3 is 0 Å². The molecule has 1 amide bonds. The van der Waals surface area contributed by atoms with Crippen LogP contribution in [0.3, 0.4) is 0 Å². The molecule has 1 saturated heterocycles. The molecule has 6 nitrogen and oxygen atoms in total. The average Bonchev–Trinajstić information content (AvgIpc) is 3.11. The second-order valence-electron chi connectivity index (χ2n) is 9.25. The van der Waals surface area contributed by atoms with Crippen molar-refractivity contribution in [1.29, 1.82) is 0 Å². The van der Waals surface area contributed by atoms with Crippen molar-refractivity contribution in [3.05, 3.63) is 40.1 Å². The molecule has 1 heterocycles. The minimum Gasteiger partial charge on any atom is -0.322 e. The number of rotatable bonds is 7. The third-order valence-corrected chi connectivity index (χ3v) is 7.52. The number of aryl methyl sites for hydroxylation is 2. The number of likely N-dealkylation sites (tertiary alicyclic amines) is 1. The predicted molar refractivity (Wildman–Crippen MR) is 118 cm³/mol. The molecule has 0 bridgehead atoms. The first-order valence-electron chi connectivity index (χ1n) is 11.4. The number of carbonyl (C=O) groups excluding carboxylic acids is 1. The molecular formula is C23H31N3O3S. The predicted octanol–water partition coefficient (Wildman–Crippen LogP) is 3.09. The highest BCUT2D eigenvalue weighted by Crippen LogP contribution is 2.39. The first kappa shape index (κ1) is 20.2. The summed E-state index contributed by atoms with van der Waals surface area (Å²) >= 11 is -2.18. The minimum atomic E-state index is -2.18. The molecule has 30 heavy (non-hydrogen) atoms. The summed E-state index contributed by atoms with van der Waals surface area (Å²) in [5.74, 6) is 0.616. The van der Waals surface area contributed by atoms with Crippen molar-refractivity contribution >= 4 is 22.9 Å². The average molecular weight is 430 g/mol. The first-order chi connectivity index (χ1) is 14.6. The minimum absolute atomic E-state index is 0.00598. The third kappa shape index (κ3) is 4.07. The van der Waals surface area contributed by atoms with Crippen LogP contribution in [0.15, 0.2) is 17.8 Å². The Morgan fingerprint density at radius 1 is 1.10 bits per heavy atom. The van der Waals surface area contributed by atoms with Crippen LogP contribution in [0, 0.1) is 5.92 Å². The molecule has 1 aliphatic heterocycles. The van der Waals surface area contributed by atoms with Crippen LogP contribution in [0.25, 0.3) is 0 Å². The normalized spacial score (nSPS) is 24.6. The van der Waals surface area contributed by atoms with E-state index in [1.165, 1.54) is 41.3 Å². The first-order valence-corrected chi connectivity index (χ1v) is 12.5. The lowest BCUT2D eigenvalue weighted by molar-refractivity contribution is -0.113. The summed E-state index contributed by atoms with van der Waals surface area (Å²) in [6.07, 6.45) is 12.5. The van der Waals surface area contributed by atoms with E-state index in [0.29, 0.717) is 5.57 Å². The van der Waals surface area contributed by atoms with Crippen LogP contribution < -0.4 is 10.0 Å². The molecule has 2 fully saturated rings. The van der Waals surface area contributed by atoms with Crippen LogP contribution in [0.5, 0.6) is 0 Å². The summed E-state index contributed by atoms with van der Waals surface area (Å²) in [6.45, 7) is 2.01. The monoisotopic (exact) mass is 429 g/mol. The van der Waals surface area contributed by atoms with Crippen LogP contribution in [0.4, 0.5) is 5.69 Å². The van der Waals surface area contributed by atoms with Gasteiger partial charge in [-0.2, -0.15) is 0 Å². The number of hydrogen-bond donors (Lipinski definition) is 3. The van der Waals surface area contributed by atoms with Gasteiger partial charge in [0.15, 0.2) is 0 Å². The Hall–Kier alpha value is -1.70. The van der Waals surface area contributed by atoms with E-state index in [1.54, 1.807) is 0 Å². The number of nitrogens with zero attached hydrogens (tertiary/aromatic N) is 1. The lowest BCUT2D eigenvalue weighted by atomic mass is 9.97. The van der Waals surface area contributed by atoms with Gasteiger partial charge in [0.05, 0.1) is 5.57 Å². The number of nitrogens with one attached hydrogen (secondary N) is 2. The van der Waals surface area contributed by atoms with Crippen LogP contribution in [0.1, 0.15) is 60.8 Å². The lowest BCUT2D eigenvalue weighted by Crippen LogP contribution is -2.37. The van der Waals surface area contributed by atoms with Crippen LogP contribution in [-0.2, 0) is 41.7 Å². The Balaban J connectivity index is 1.43. The van der Waals surface area contributed by atoms with Gasteiger partial charge in [-0.1, -0.05) is 6.07 Å². The molecule has 4 aliphatic rings. The summed E-state index contributed by atoms with van der Waals surface area (Å²) in [5, 5.41) is 3.28. The summed E-state index contributed by atoms with van der Waals surface area (Å²) in [6, 6.07) is 2.37. The maximum Gasteiger partial charge on any atom is 0.258 e. The van der Waals surface area contributed by atoms with E-state index in [0.717, 1.165) is 76.1 Å². The fourth-order valence-corrected chi connectivity index (χ4v) is 5.84. The number of amides is 1. The van der Waals surface area contributed by atoms with Gasteiger partial charge in [-0.05, 0) is 98.9 Å². The Morgan fingerprint density at radius 2 is 1.80 bits per heavy atom. The molecule has 162 valence electrons. The van der Waals surface area contributed by atoms with Crippen molar-refractivity contribution in [2.45, 2.75) is 70.3 Å².